The van der Waals surface area contributed by atoms with Gasteiger partial charge in [-0.25, -0.2) is 10.0 Å². The lowest BCUT2D eigenvalue weighted by molar-refractivity contribution is 0.293. The summed E-state index contributed by atoms with van der Waals surface area (Å²) in [6.07, 6.45) is 0.236. The average molecular weight is 583 g/mol. The molecule has 3 unspecified atom stereocenters. The lowest BCUT2D eigenvalue weighted by Crippen LogP contribution is -2.15. The predicted octanol–water partition coefficient (Wildman–Crippen LogP) is 10.4. The highest BCUT2D eigenvalue weighted by Gasteiger charge is 2.47. The highest BCUT2D eigenvalue weighted by atomic mass is 15.9. The van der Waals surface area contributed by atoms with E-state index in [1.165, 1.54) is 72.0 Å². The molecule has 0 amide bonds. The highest BCUT2D eigenvalue weighted by Crippen LogP contribution is 2.53. The van der Waals surface area contributed by atoms with Gasteiger partial charge < -0.3 is 0 Å². The van der Waals surface area contributed by atoms with Crippen molar-refractivity contribution in [1.29, 1.82) is 0 Å². The molecular weight excluding hydrogens is 544 g/mol. The van der Waals surface area contributed by atoms with Gasteiger partial charge in [0.05, 0.1) is 0 Å². The zero-order valence-electron chi connectivity index (χ0n) is 26.5. The molecule has 0 saturated carbocycles. The Bertz CT molecular complexity index is 2150. The summed E-state index contributed by atoms with van der Waals surface area (Å²) in [4.78, 5) is 0. The molecule has 1 heterocycles. The van der Waals surface area contributed by atoms with Crippen LogP contribution >= 0.6 is 0 Å². The van der Waals surface area contributed by atoms with E-state index in [2.05, 4.69) is 165 Å². The molecule has 2 aliphatic carbocycles. The van der Waals surface area contributed by atoms with Crippen molar-refractivity contribution in [2.45, 2.75) is 57.8 Å². The third-order valence-corrected chi connectivity index (χ3v) is 10.9. The van der Waals surface area contributed by atoms with Crippen LogP contribution < -0.4 is 0 Å². The maximum absolute atomic E-state index is 2.57. The minimum Gasteiger partial charge on any atom is -0.212 e. The van der Waals surface area contributed by atoms with Crippen molar-refractivity contribution < 1.29 is 0 Å². The van der Waals surface area contributed by atoms with Gasteiger partial charge in [-0.15, -0.1) is 0 Å². The maximum Gasteiger partial charge on any atom is 0.116 e. The number of benzene rings is 6. The number of rotatable bonds is 5. The topological polar surface area (TPSA) is 6.02 Å². The predicted molar refractivity (Wildman–Crippen MR) is 186 cm³/mol. The summed E-state index contributed by atoms with van der Waals surface area (Å²) < 4.78 is 0. The molecule has 1 saturated heterocycles. The van der Waals surface area contributed by atoms with Crippen molar-refractivity contribution in [3.05, 3.63) is 166 Å². The van der Waals surface area contributed by atoms with Crippen LogP contribution in [0.15, 0.2) is 127 Å². The Kier molecular flexibility index (Phi) is 5.67. The summed E-state index contributed by atoms with van der Waals surface area (Å²) in [5.74, 6) is 0. The monoisotopic (exact) mass is 582 g/mol. The minimum absolute atomic E-state index is 0.00553. The fraction of sp³-hybridized carbons (Fsp3) is 0.209. The zero-order chi connectivity index (χ0) is 30.5. The van der Waals surface area contributed by atoms with Crippen LogP contribution in [0.25, 0.3) is 33.0 Å². The molecule has 1 fully saturated rings. The van der Waals surface area contributed by atoms with E-state index in [-0.39, 0.29) is 17.0 Å². The summed E-state index contributed by atoms with van der Waals surface area (Å²) in [6.45, 7) is 11.3. The average Bonchev–Trinajstić information content (AvgIpc) is 3.60. The Morgan fingerprint density at radius 1 is 0.444 bits per heavy atom. The van der Waals surface area contributed by atoms with Gasteiger partial charge in [-0.3, -0.25) is 0 Å². The largest absolute Gasteiger partial charge is 0.212 e. The maximum atomic E-state index is 2.57. The molecule has 6 aromatic rings. The number of hydrazine groups is 1. The van der Waals surface area contributed by atoms with Crippen LogP contribution in [0, 0.1) is 0 Å². The lowest BCUT2D eigenvalue weighted by atomic mass is 9.82. The van der Waals surface area contributed by atoms with Crippen molar-refractivity contribution in [3.63, 3.8) is 0 Å². The Labute approximate surface area is 266 Å². The Morgan fingerprint density at radius 2 is 0.933 bits per heavy atom. The van der Waals surface area contributed by atoms with Crippen molar-refractivity contribution in [1.82, 2.24) is 10.0 Å². The first-order chi connectivity index (χ1) is 21.8. The van der Waals surface area contributed by atoms with Gasteiger partial charge in [0.15, 0.2) is 0 Å². The number of nitrogens with zero attached hydrogens (tertiary/aromatic N) is 2. The second-order valence-corrected chi connectivity index (χ2v) is 14.3. The van der Waals surface area contributed by atoms with Gasteiger partial charge in [0.1, 0.15) is 6.17 Å². The van der Waals surface area contributed by atoms with Gasteiger partial charge in [-0.1, -0.05) is 149 Å². The Balaban J connectivity index is 1.08. The third-order valence-electron chi connectivity index (χ3n) is 10.9. The molecule has 2 heteroatoms. The first-order valence-corrected chi connectivity index (χ1v) is 16.3. The van der Waals surface area contributed by atoms with E-state index in [1.54, 1.807) is 0 Å². The molecule has 3 atom stereocenters. The molecular formula is C43H38N2. The highest BCUT2D eigenvalue weighted by molar-refractivity contribution is 5.83. The molecule has 2 nitrogen and oxygen atoms in total. The molecule has 45 heavy (non-hydrogen) atoms. The van der Waals surface area contributed by atoms with Crippen LogP contribution in [0.5, 0.6) is 0 Å². The van der Waals surface area contributed by atoms with Gasteiger partial charge in [0, 0.05) is 23.9 Å². The summed E-state index contributed by atoms with van der Waals surface area (Å²) in [5, 5.41) is 7.73. The smallest absolute Gasteiger partial charge is 0.116 e. The first-order valence-electron chi connectivity index (χ1n) is 16.3. The van der Waals surface area contributed by atoms with Gasteiger partial charge in [-0.2, -0.15) is 0 Å². The van der Waals surface area contributed by atoms with Crippen LogP contribution in [-0.2, 0) is 23.9 Å². The number of hydrogen-bond donors (Lipinski definition) is 0. The van der Waals surface area contributed by atoms with E-state index >= 15 is 0 Å². The molecule has 3 aliphatic rings. The van der Waals surface area contributed by atoms with Gasteiger partial charge in [-0.05, 0) is 78.0 Å². The van der Waals surface area contributed by atoms with Crippen LogP contribution in [0.4, 0.5) is 0 Å². The fourth-order valence-corrected chi connectivity index (χ4v) is 8.39. The van der Waals surface area contributed by atoms with Crippen LogP contribution in [0.3, 0.4) is 0 Å². The fourth-order valence-electron chi connectivity index (χ4n) is 8.39. The van der Waals surface area contributed by atoms with Gasteiger partial charge >= 0.3 is 0 Å². The van der Waals surface area contributed by atoms with E-state index in [0.29, 0.717) is 0 Å². The molecule has 1 aliphatic heterocycles. The first kappa shape index (κ1) is 26.9. The number of fused-ring (bicyclic) bond motifs is 7. The van der Waals surface area contributed by atoms with E-state index in [0.717, 1.165) is 13.1 Å². The SMILES string of the molecule is CC1(C)c2ccccc2-c2ccc(CN3C(c4ccc5c(c4)C(C)(C)c4ccccc4-5)N3Cc3ccc4ccccc4c3)cc21. The van der Waals surface area contributed by atoms with Crippen LogP contribution in [0.1, 0.15) is 72.8 Å². The normalized spacial score (nSPS) is 21.2. The Morgan fingerprint density at radius 3 is 1.60 bits per heavy atom. The quantitative estimate of drug-likeness (QED) is 0.187. The minimum atomic E-state index is -0.00853. The molecule has 0 aromatic heterocycles. The van der Waals surface area contributed by atoms with Crippen LogP contribution in [0.2, 0.25) is 0 Å². The molecule has 9 rings (SSSR count). The molecule has 0 bridgehead atoms. The molecule has 0 radical (unpaired) electrons. The number of hydrogen-bond acceptors (Lipinski definition) is 2. The van der Waals surface area contributed by atoms with E-state index in [4.69, 9.17) is 0 Å². The van der Waals surface area contributed by atoms with Crippen LogP contribution in [-0.4, -0.2) is 10.0 Å². The summed E-state index contributed by atoms with van der Waals surface area (Å²) in [7, 11) is 0. The summed E-state index contributed by atoms with van der Waals surface area (Å²) in [5.41, 5.74) is 15.4. The van der Waals surface area contributed by atoms with Crippen molar-refractivity contribution in [2.75, 3.05) is 0 Å². The van der Waals surface area contributed by atoms with E-state index < -0.39 is 0 Å². The van der Waals surface area contributed by atoms with Crippen molar-refractivity contribution in [3.8, 4) is 22.3 Å². The Hall–Kier alpha value is -4.50. The summed E-state index contributed by atoms with van der Waals surface area (Å²) in [6, 6.07) is 47.9. The van der Waals surface area contributed by atoms with Crippen molar-refractivity contribution in [2.24, 2.45) is 0 Å². The zero-order valence-corrected chi connectivity index (χ0v) is 26.5. The van der Waals surface area contributed by atoms with Gasteiger partial charge in [0.25, 0.3) is 0 Å². The second-order valence-electron chi connectivity index (χ2n) is 14.3. The van der Waals surface area contributed by atoms with Gasteiger partial charge in [0.2, 0.25) is 0 Å². The lowest BCUT2D eigenvalue weighted by Gasteiger charge is -2.22. The molecule has 220 valence electrons. The molecule has 0 N–H and O–H groups in total. The van der Waals surface area contributed by atoms with E-state index in [9.17, 15) is 0 Å². The van der Waals surface area contributed by atoms with E-state index in [1.807, 2.05) is 0 Å². The van der Waals surface area contributed by atoms with Crippen molar-refractivity contribution >= 4 is 10.8 Å². The standard InChI is InChI=1S/C43H38N2/c1-42(2)37-15-9-7-13-33(37)35-21-18-29(24-39(35)42)27-45-41(44(45)26-28-17-19-30-11-5-6-12-31(30)23-28)32-20-22-36-34-14-8-10-16-38(34)43(3,4)40(36)25-32/h5-25,41H,26-27H2,1-4H3. The third kappa shape index (κ3) is 4.02. The molecule has 6 aromatic carbocycles. The second kappa shape index (κ2) is 9.50. The summed E-state index contributed by atoms with van der Waals surface area (Å²) >= 11 is 0. The molecule has 0 spiro atoms.